The molecule has 3 heteroatoms. The zero-order chi connectivity index (χ0) is 15.4. The molecule has 0 aliphatic rings. The topological polar surface area (TPSA) is 40.5 Å². The van der Waals surface area contributed by atoms with Gasteiger partial charge in [0, 0.05) is 0 Å². The van der Waals surface area contributed by atoms with Crippen molar-refractivity contribution < 1.29 is 10.2 Å². The molecule has 2 aromatic carbocycles. The standard InChI is InChI=1S/C18H21BrO2/c1-3-15(12-5-8-14(20)9-6-12)16(4-2)13-7-10-18(21)17(19)11-13/h5-11,15-16,20-21H,3-4H2,1-2H3. The highest BCUT2D eigenvalue weighted by Crippen LogP contribution is 2.40. The molecule has 0 spiro atoms. The summed E-state index contributed by atoms with van der Waals surface area (Å²) in [5, 5.41) is 19.1. The fourth-order valence-electron chi connectivity index (χ4n) is 2.98. The summed E-state index contributed by atoms with van der Waals surface area (Å²) in [7, 11) is 0. The molecule has 2 nitrogen and oxygen atoms in total. The molecule has 2 N–H and O–H groups in total. The molecule has 0 aromatic heterocycles. The van der Waals surface area contributed by atoms with Crippen LogP contribution in [0.1, 0.15) is 49.7 Å². The Hall–Kier alpha value is -1.48. The summed E-state index contributed by atoms with van der Waals surface area (Å²) in [6.45, 7) is 4.38. The molecule has 0 radical (unpaired) electrons. The lowest BCUT2D eigenvalue weighted by Crippen LogP contribution is -2.10. The lowest BCUT2D eigenvalue weighted by Gasteiger charge is -2.26. The van der Waals surface area contributed by atoms with E-state index in [0.29, 0.717) is 17.6 Å². The second-order valence-corrected chi connectivity index (χ2v) is 6.19. The number of halogens is 1. The molecule has 0 saturated carbocycles. The fourth-order valence-corrected chi connectivity index (χ4v) is 3.38. The summed E-state index contributed by atoms with van der Waals surface area (Å²) in [5.74, 6) is 1.35. The first-order valence-corrected chi connectivity index (χ1v) is 8.13. The summed E-state index contributed by atoms with van der Waals surface area (Å²) in [5.41, 5.74) is 2.47. The maximum Gasteiger partial charge on any atom is 0.129 e. The molecular formula is C18H21BrO2. The van der Waals surface area contributed by atoms with Gasteiger partial charge in [0.2, 0.25) is 0 Å². The van der Waals surface area contributed by atoms with Crippen molar-refractivity contribution in [2.45, 2.75) is 38.5 Å². The minimum absolute atomic E-state index is 0.270. The van der Waals surface area contributed by atoms with Gasteiger partial charge in [-0.3, -0.25) is 0 Å². The Morgan fingerprint density at radius 2 is 1.38 bits per heavy atom. The largest absolute Gasteiger partial charge is 0.508 e. The molecule has 2 aromatic rings. The fraction of sp³-hybridized carbons (Fsp3) is 0.333. The van der Waals surface area contributed by atoms with Gasteiger partial charge in [0.25, 0.3) is 0 Å². The van der Waals surface area contributed by atoms with Gasteiger partial charge >= 0.3 is 0 Å². The highest BCUT2D eigenvalue weighted by molar-refractivity contribution is 9.10. The minimum Gasteiger partial charge on any atom is -0.508 e. The third kappa shape index (κ3) is 3.59. The van der Waals surface area contributed by atoms with Gasteiger partial charge in [-0.2, -0.15) is 0 Å². The molecule has 0 heterocycles. The first-order valence-electron chi connectivity index (χ1n) is 7.34. The average Bonchev–Trinajstić information content (AvgIpc) is 2.49. The van der Waals surface area contributed by atoms with Crippen molar-refractivity contribution in [3.8, 4) is 11.5 Å². The van der Waals surface area contributed by atoms with Crippen LogP contribution in [0, 0.1) is 0 Å². The SMILES string of the molecule is CCC(c1ccc(O)cc1)C(CC)c1ccc(O)c(Br)c1. The van der Waals surface area contributed by atoms with Crippen LogP contribution in [0.3, 0.4) is 0 Å². The molecule has 0 aliphatic carbocycles. The van der Waals surface area contributed by atoms with E-state index in [-0.39, 0.29) is 5.75 Å². The lowest BCUT2D eigenvalue weighted by molar-refractivity contribution is 0.468. The quantitative estimate of drug-likeness (QED) is 0.743. The molecule has 0 saturated heterocycles. The van der Waals surface area contributed by atoms with Crippen LogP contribution in [0.5, 0.6) is 11.5 Å². The Morgan fingerprint density at radius 1 is 0.857 bits per heavy atom. The van der Waals surface area contributed by atoms with Gasteiger partial charge in [-0.15, -0.1) is 0 Å². The van der Waals surface area contributed by atoms with E-state index in [1.807, 2.05) is 24.3 Å². The van der Waals surface area contributed by atoms with E-state index < -0.39 is 0 Å². The van der Waals surface area contributed by atoms with Gasteiger partial charge in [0.05, 0.1) is 4.47 Å². The Labute approximate surface area is 134 Å². The number of hydrogen-bond donors (Lipinski definition) is 2. The maximum atomic E-state index is 9.67. The molecule has 0 fully saturated rings. The monoisotopic (exact) mass is 348 g/mol. The first-order chi connectivity index (χ1) is 10.1. The molecule has 0 aliphatic heterocycles. The second kappa shape index (κ2) is 6.99. The Morgan fingerprint density at radius 3 is 1.90 bits per heavy atom. The summed E-state index contributed by atoms with van der Waals surface area (Å²) in [4.78, 5) is 0. The molecular weight excluding hydrogens is 328 g/mol. The molecule has 2 rings (SSSR count). The van der Waals surface area contributed by atoms with E-state index in [9.17, 15) is 10.2 Å². The van der Waals surface area contributed by atoms with Crippen LogP contribution in [0.25, 0.3) is 0 Å². The van der Waals surface area contributed by atoms with Gasteiger partial charge in [-0.1, -0.05) is 32.0 Å². The van der Waals surface area contributed by atoms with Crippen molar-refractivity contribution >= 4 is 15.9 Å². The van der Waals surface area contributed by atoms with Gasteiger partial charge in [0.1, 0.15) is 11.5 Å². The van der Waals surface area contributed by atoms with Crippen molar-refractivity contribution in [1.29, 1.82) is 0 Å². The van der Waals surface area contributed by atoms with E-state index >= 15 is 0 Å². The van der Waals surface area contributed by atoms with Crippen LogP contribution in [0.15, 0.2) is 46.9 Å². The van der Waals surface area contributed by atoms with Gasteiger partial charge in [-0.05, 0) is 76.0 Å². The van der Waals surface area contributed by atoms with E-state index in [1.165, 1.54) is 11.1 Å². The van der Waals surface area contributed by atoms with Crippen molar-refractivity contribution in [3.63, 3.8) is 0 Å². The van der Waals surface area contributed by atoms with Crippen LogP contribution < -0.4 is 0 Å². The van der Waals surface area contributed by atoms with Crippen LogP contribution >= 0.6 is 15.9 Å². The molecule has 0 amide bonds. The molecule has 21 heavy (non-hydrogen) atoms. The van der Waals surface area contributed by atoms with E-state index in [0.717, 1.165) is 17.3 Å². The third-order valence-corrected chi connectivity index (χ3v) is 4.72. The predicted molar refractivity (Wildman–Crippen MR) is 90.0 cm³/mol. The van der Waals surface area contributed by atoms with Crippen LogP contribution in [-0.4, -0.2) is 10.2 Å². The molecule has 2 unspecified atom stereocenters. The highest BCUT2D eigenvalue weighted by atomic mass is 79.9. The van der Waals surface area contributed by atoms with Gasteiger partial charge in [0.15, 0.2) is 0 Å². The minimum atomic E-state index is 0.270. The zero-order valence-electron chi connectivity index (χ0n) is 12.4. The summed E-state index contributed by atoms with van der Waals surface area (Å²) < 4.78 is 0.735. The number of aromatic hydroxyl groups is 2. The predicted octanol–water partition coefficient (Wildman–Crippen LogP) is 5.55. The Balaban J connectivity index is 2.36. The van der Waals surface area contributed by atoms with Crippen LogP contribution in [-0.2, 0) is 0 Å². The van der Waals surface area contributed by atoms with Crippen molar-refractivity contribution in [2.24, 2.45) is 0 Å². The summed E-state index contributed by atoms with van der Waals surface area (Å²) >= 11 is 3.40. The van der Waals surface area contributed by atoms with Crippen molar-refractivity contribution in [2.75, 3.05) is 0 Å². The smallest absolute Gasteiger partial charge is 0.129 e. The molecule has 0 bridgehead atoms. The maximum absolute atomic E-state index is 9.67. The third-order valence-electron chi connectivity index (χ3n) is 4.09. The summed E-state index contributed by atoms with van der Waals surface area (Å²) in [6.07, 6.45) is 2.05. The Bertz CT molecular complexity index is 593. The van der Waals surface area contributed by atoms with E-state index in [4.69, 9.17) is 0 Å². The van der Waals surface area contributed by atoms with Gasteiger partial charge in [-0.25, -0.2) is 0 Å². The number of phenolic OH excluding ortho intramolecular Hbond substituents is 2. The zero-order valence-corrected chi connectivity index (χ0v) is 14.0. The van der Waals surface area contributed by atoms with E-state index in [2.05, 4.69) is 29.8 Å². The first kappa shape index (κ1) is 15.9. The van der Waals surface area contributed by atoms with Crippen molar-refractivity contribution in [1.82, 2.24) is 0 Å². The van der Waals surface area contributed by atoms with Crippen LogP contribution in [0.4, 0.5) is 0 Å². The average molecular weight is 349 g/mol. The number of hydrogen-bond acceptors (Lipinski definition) is 2. The summed E-state index contributed by atoms with van der Waals surface area (Å²) in [6, 6.07) is 13.2. The molecule has 112 valence electrons. The van der Waals surface area contributed by atoms with E-state index in [1.54, 1.807) is 18.2 Å². The highest BCUT2D eigenvalue weighted by Gasteiger charge is 2.22. The normalized spacial score (nSPS) is 13.9. The molecule has 2 atom stereocenters. The van der Waals surface area contributed by atoms with Crippen LogP contribution in [0.2, 0.25) is 0 Å². The Kier molecular flexibility index (Phi) is 5.29. The van der Waals surface area contributed by atoms with Gasteiger partial charge < -0.3 is 10.2 Å². The number of phenols is 2. The second-order valence-electron chi connectivity index (χ2n) is 5.33. The number of rotatable bonds is 5. The lowest BCUT2D eigenvalue weighted by atomic mass is 9.78. The van der Waals surface area contributed by atoms with Crippen molar-refractivity contribution in [3.05, 3.63) is 58.1 Å². The number of benzene rings is 2.